The Morgan fingerprint density at radius 2 is 1.92 bits per heavy atom. The zero-order valence-electron chi connectivity index (χ0n) is 16.4. The molecule has 2 saturated heterocycles. The molecule has 146 valence electrons. The molecule has 1 spiro atoms. The summed E-state index contributed by atoms with van der Waals surface area (Å²) in [4.78, 5) is 28.7. The fourth-order valence-electron chi connectivity index (χ4n) is 5.51. The van der Waals surface area contributed by atoms with Gasteiger partial charge in [-0.3, -0.25) is 9.69 Å². The number of nitrogens with zero attached hydrogens (tertiary/aromatic N) is 2. The van der Waals surface area contributed by atoms with Crippen molar-refractivity contribution >= 4 is 12.0 Å². The lowest BCUT2D eigenvalue weighted by Gasteiger charge is -2.49. The highest BCUT2D eigenvalue weighted by molar-refractivity contribution is 5.82. The van der Waals surface area contributed by atoms with Crippen LogP contribution in [0.5, 0.6) is 0 Å². The Morgan fingerprint density at radius 3 is 2.54 bits per heavy atom. The molecule has 6 heteroatoms. The smallest absolute Gasteiger partial charge is 0.409 e. The van der Waals surface area contributed by atoms with E-state index in [4.69, 9.17) is 4.74 Å². The van der Waals surface area contributed by atoms with E-state index in [1.165, 1.54) is 12.8 Å². The van der Waals surface area contributed by atoms with Gasteiger partial charge in [0.1, 0.15) is 0 Å². The zero-order valence-corrected chi connectivity index (χ0v) is 16.4. The molecule has 2 heterocycles. The maximum Gasteiger partial charge on any atom is 0.409 e. The first-order valence-electron chi connectivity index (χ1n) is 10.4. The Bertz CT molecular complexity index is 561. The molecule has 4 rings (SSSR count). The molecule has 1 N–H and O–H groups in total. The SMILES string of the molecule is CCOC(=O)N1CCC2(CC(N3C[C@@H]4[C@H](C3)[C@@H]4C(=O)NCC(C)C)C2)C1. The molecule has 0 bridgehead atoms. The molecular formula is C20H33N3O3. The van der Waals surface area contributed by atoms with Gasteiger partial charge in [-0.15, -0.1) is 0 Å². The van der Waals surface area contributed by atoms with Crippen LogP contribution >= 0.6 is 0 Å². The third-order valence-electron chi connectivity index (χ3n) is 7.03. The van der Waals surface area contributed by atoms with Gasteiger partial charge in [0.05, 0.1) is 6.61 Å². The van der Waals surface area contributed by atoms with Crippen LogP contribution in [0.2, 0.25) is 0 Å². The first-order valence-corrected chi connectivity index (χ1v) is 10.4. The number of piperidine rings is 1. The van der Waals surface area contributed by atoms with E-state index in [1.54, 1.807) is 0 Å². The summed E-state index contributed by atoms with van der Waals surface area (Å²) in [6.07, 6.45) is 3.37. The van der Waals surface area contributed by atoms with E-state index in [0.29, 0.717) is 35.8 Å². The predicted molar refractivity (Wildman–Crippen MR) is 98.6 cm³/mol. The molecule has 0 aromatic heterocycles. The van der Waals surface area contributed by atoms with Gasteiger partial charge in [-0.2, -0.15) is 0 Å². The molecule has 26 heavy (non-hydrogen) atoms. The number of likely N-dealkylation sites (tertiary alicyclic amines) is 2. The maximum absolute atomic E-state index is 12.3. The van der Waals surface area contributed by atoms with Crippen LogP contribution in [0.1, 0.15) is 40.0 Å². The number of amides is 2. The lowest BCUT2D eigenvalue weighted by molar-refractivity contribution is -0.123. The van der Waals surface area contributed by atoms with Gasteiger partial charge in [-0.25, -0.2) is 4.79 Å². The van der Waals surface area contributed by atoms with Crippen molar-refractivity contribution in [1.29, 1.82) is 0 Å². The minimum Gasteiger partial charge on any atom is -0.450 e. The van der Waals surface area contributed by atoms with Crippen molar-refractivity contribution in [3.8, 4) is 0 Å². The van der Waals surface area contributed by atoms with E-state index in [1.807, 2.05) is 11.8 Å². The Hall–Kier alpha value is -1.30. The van der Waals surface area contributed by atoms with Crippen molar-refractivity contribution in [1.82, 2.24) is 15.1 Å². The van der Waals surface area contributed by atoms with E-state index < -0.39 is 0 Å². The third-order valence-corrected chi connectivity index (χ3v) is 7.03. The first-order chi connectivity index (χ1) is 12.4. The molecule has 2 amide bonds. The van der Waals surface area contributed by atoms with Gasteiger partial charge >= 0.3 is 6.09 Å². The van der Waals surface area contributed by atoms with Gasteiger partial charge in [0.2, 0.25) is 5.91 Å². The van der Waals surface area contributed by atoms with Crippen LogP contribution in [-0.2, 0) is 9.53 Å². The van der Waals surface area contributed by atoms with E-state index >= 15 is 0 Å². The Morgan fingerprint density at radius 1 is 1.23 bits per heavy atom. The summed E-state index contributed by atoms with van der Waals surface area (Å²) in [6, 6.07) is 0.657. The number of nitrogens with one attached hydrogen (secondary N) is 1. The number of carbonyl (C=O) groups is 2. The summed E-state index contributed by atoms with van der Waals surface area (Å²) in [5.41, 5.74) is 0.332. The Kier molecular flexibility index (Phi) is 4.66. The zero-order chi connectivity index (χ0) is 18.5. The van der Waals surface area contributed by atoms with Crippen LogP contribution in [0.4, 0.5) is 4.79 Å². The van der Waals surface area contributed by atoms with Gasteiger partial charge in [0.15, 0.2) is 0 Å². The monoisotopic (exact) mass is 363 g/mol. The highest BCUT2D eigenvalue weighted by Gasteiger charge is 2.62. The summed E-state index contributed by atoms with van der Waals surface area (Å²) < 4.78 is 5.14. The second kappa shape index (κ2) is 6.70. The molecule has 3 atom stereocenters. The fourth-order valence-corrected chi connectivity index (χ4v) is 5.51. The van der Waals surface area contributed by atoms with E-state index in [2.05, 4.69) is 24.1 Å². The van der Waals surface area contributed by atoms with Gasteiger partial charge in [0, 0.05) is 44.7 Å². The van der Waals surface area contributed by atoms with Crippen molar-refractivity contribution in [2.45, 2.75) is 46.1 Å². The Balaban J connectivity index is 1.20. The van der Waals surface area contributed by atoms with Crippen LogP contribution in [-0.4, -0.2) is 67.2 Å². The lowest BCUT2D eigenvalue weighted by atomic mass is 9.64. The molecule has 4 fully saturated rings. The highest BCUT2D eigenvalue weighted by Crippen LogP contribution is 2.56. The van der Waals surface area contributed by atoms with Crippen molar-refractivity contribution in [2.24, 2.45) is 29.1 Å². The second-order valence-corrected chi connectivity index (χ2v) is 9.38. The second-order valence-electron chi connectivity index (χ2n) is 9.38. The number of hydrogen-bond acceptors (Lipinski definition) is 4. The minimum atomic E-state index is -0.148. The molecule has 0 aromatic carbocycles. The van der Waals surface area contributed by atoms with Crippen molar-refractivity contribution in [3.63, 3.8) is 0 Å². The molecule has 0 aromatic rings. The van der Waals surface area contributed by atoms with Crippen molar-refractivity contribution < 1.29 is 14.3 Å². The number of carbonyl (C=O) groups excluding carboxylic acids is 2. The van der Waals surface area contributed by atoms with E-state index in [-0.39, 0.29) is 17.9 Å². The summed E-state index contributed by atoms with van der Waals surface area (Å²) in [5, 5.41) is 3.10. The standard InChI is InChI=1S/C20H33N3O3/c1-4-26-19(25)22-6-5-20(12-22)7-14(8-20)23-10-15-16(11-23)17(15)18(24)21-9-13(2)3/h13-17H,4-12H2,1-3H3,(H,21,24)/t14?,15-,16+,17-,20?. The molecule has 2 aliphatic heterocycles. The van der Waals surface area contributed by atoms with Crippen molar-refractivity contribution in [3.05, 3.63) is 0 Å². The number of hydrogen-bond donors (Lipinski definition) is 1. The molecular weight excluding hydrogens is 330 g/mol. The minimum absolute atomic E-state index is 0.148. The maximum atomic E-state index is 12.3. The fraction of sp³-hybridized carbons (Fsp3) is 0.900. The summed E-state index contributed by atoms with van der Waals surface area (Å²) in [6.45, 7) is 11.3. The van der Waals surface area contributed by atoms with Crippen LogP contribution in [0.15, 0.2) is 0 Å². The van der Waals surface area contributed by atoms with Crippen LogP contribution < -0.4 is 5.32 Å². The van der Waals surface area contributed by atoms with E-state index in [9.17, 15) is 9.59 Å². The summed E-state index contributed by atoms with van der Waals surface area (Å²) in [5.74, 6) is 2.22. The van der Waals surface area contributed by atoms with Gasteiger partial charge in [0.25, 0.3) is 0 Å². The normalized spacial score (nSPS) is 38.4. The van der Waals surface area contributed by atoms with Gasteiger partial charge in [-0.1, -0.05) is 13.8 Å². The summed E-state index contributed by atoms with van der Waals surface area (Å²) >= 11 is 0. The average Bonchev–Trinajstić information content (AvgIpc) is 2.95. The molecule has 2 saturated carbocycles. The third kappa shape index (κ3) is 3.21. The predicted octanol–water partition coefficient (Wildman–Crippen LogP) is 1.95. The number of fused-ring (bicyclic) bond motifs is 1. The van der Waals surface area contributed by atoms with Gasteiger partial charge in [-0.05, 0) is 49.4 Å². The number of ether oxygens (including phenoxy) is 1. The molecule has 4 aliphatic rings. The van der Waals surface area contributed by atoms with Crippen LogP contribution in [0.25, 0.3) is 0 Å². The molecule has 0 radical (unpaired) electrons. The van der Waals surface area contributed by atoms with Crippen LogP contribution in [0.3, 0.4) is 0 Å². The van der Waals surface area contributed by atoms with Gasteiger partial charge < -0.3 is 15.0 Å². The molecule has 6 nitrogen and oxygen atoms in total. The first kappa shape index (κ1) is 18.1. The van der Waals surface area contributed by atoms with Crippen LogP contribution in [0, 0.1) is 29.1 Å². The topological polar surface area (TPSA) is 61.9 Å². The molecule has 0 unspecified atom stereocenters. The highest BCUT2D eigenvalue weighted by atomic mass is 16.6. The summed E-state index contributed by atoms with van der Waals surface area (Å²) in [7, 11) is 0. The van der Waals surface area contributed by atoms with E-state index in [0.717, 1.165) is 39.1 Å². The number of rotatable bonds is 5. The average molecular weight is 364 g/mol. The largest absolute Gasteiger partial charge is 0.450 e. The lowest BCUT2D eigenvalue weighted by Crippen LogP contribution is -2.52. The van der Waals surface area contributed by atoms with Crippen molar-refractivity contribution in [2.75, 3.05) is 39.3 Å². The molecule has 2 aliphatic carbocycles. The Labute approximate surface area is 156 Å². The quantitative estimate of drug-likeness (QED) is 0.811.